The molecular weight excluding hydrogens is 323 g/mol. The second-order valence-electron chi connectivity index (χ2n) is 5.48. The Kier molecular flexibility index (Phi) is 5.70. The molecule has 1 aromatic rings. The lowest BCUT2D eigenvalue weighted by Gasteiger charge is -2.19. The summed E-state index contributed by atoms with van der Waals surface area (Å²) in [5, 5.41) is 3.60. The number of hydrogen-bond acceptors (Lipinski definition) is 2. The van der Waals surface area contributed by atoms with Gasteiger partial charge in [-0.05, 0) is 18.6 Å². The number of hydrogen-bond donors (Lipinski definition) is 1. The van der Waals surface area contributed by atoms with Crippen LogP contribution in [0.25, 0.3) is 0 Å². The van der Waals surface area contributed by atoms with Gasteiger partial charge in [0.1, 0.15) is 6.04 Å². The molecule has 0 aliphatic carbocycles. The van der Waals surface area contributed by atoms with Gasteiger partial charge in [-0.15, -0.1) is 0 Å². The highest BCUT2D eigenvalue weighted by Crippen LogP contribution is 2.44. The van der Waals surface area contributed by atoms with Crippen molar-refractivity contribution in [2.75, 3.05) is 11.4 Å². The first-order valence-corrected chi connectivity index (χ1v) is 8.29. The summed E-state index contributed by atoms with van der Waals surface area (Å²) in [4.78, 5) is 25.7. The number of rotatable bonds is 6. The molecule has 1 aliphatic heterocycles. The fourth-order valence-electron chi connectivity index (χ4n) is 2.75. The van der Waals surface area contributed by atoms with Gasteiger partial charge in [-0.1, -0.05) is 49.4 Å². The van der Waals surface area contributed by atoms with Gasteiger partial charge in [0.2, 0.25) is 5.91 Å². The molecular formula is C16H20Cl2N2O2. The van der Waals surface area contributed by atoms with Gasteiger partial charge < -0.3 is 10.2 Å². The van der Waals surface area contributed by atoms with Crippen molar-refractivity contribution in [3.05, 3.63) is 27.7 Å². The molecule has 2 amide bonds. The number of carbonyl (C=O) groups is 2. The van der Waals surface area contributed by atoms with Gasteiger partial charge in [-0.25, -0.2) is 0 Å². The number of benzene rings is 1. The molecule has 1 atom stereocenters. The fourth-order valence-corrected chi connectivity index (χ4v) is 3.28. The van der Waals surface area contributed by atoms with Crippen LogP contribution in [0.2, 0.25) is 10.0 Å². The summed E-state index contributed by atoms with van der Waals surface area (Å²) in [6.07, 6.45) is 4.21. The average Bonchev–Trinajstić information content (AvgIpc) is 2.73. The van der Waals surface area contributed by atoms with Crippen molar-refractivity contribution in [3.8, 4) is 0 Å². The zero-order chi connectivity index (χ0) is 16.3. The van der Waals surface area contributed by atoms with Gasteiger partial charge in [-0.3, -0.25) is 9.59 Å². The Labute approximate surface area is 140 Å². The van der Waals surface area contributed by atoms with E-state index in [0.29, 0.717) is 27.8 Å². The van der Waals surface area contributed by atoms with Gasteiger partial charge >= 0.3 is 0 Å². The summed E-state index contributed by atoms with van der Waals surface area (Å²) in [6, 6.07) is 2.60. The van der Waals surface area contributed by atoms with Gasteiger partial charge in [0.05, 0.1) is 10.7 Å². The standard InChI is InChI=1S/C16H20Cl2N2O2/c1-3-4-5-6-9-20-15-12(18)8-7-11(17)13(15)14(16(20)22)19-10(2)21/h7-8,14H,3-6,9H2,1-2H3,(H,19,21)/t14-/m1/s1. The third kappa shape index (κ3) is 3.39. The zero-order valence-corrected chi connectivity index (χ0v) is 14.3. The molecule has 2 rings (SSSR count). The minimum Gasteiger partial charge on any atom is -0.341 e. The van der Waals surface area contributed by atoms with Crippen molar-refractivity contribution >= 4 is 40.7 Å². The highest BCUT2D eigenvalue weighted by Gasteiger charge is 2.40. The molecule has 22 heavy (non-hydrogen) atoms. The van der Waals surface area contributed by atoms with Crippen molar-refractivity contribution in [2.24, 2.45) is 0 Å². The summed E-state index contributed by atoms with van der Waals surface area (Å²) < 4.78 is 0. The van der Waals surface area contributed by atoms with Crippen molar-refractivity contribution in [3.63, 3.8) is 0 Å². The lowest BCUT2D eigenvalue weighted by Crippen LogP contribution is -2.37. The van der Waals surface area contributed by atoms with Crippen LogP contribution >= 0.6 is 23.2 Å². The molecule has 0 bridgehead atoms. The minimum absolute atomic E-state index is 0.170. The third-order valence-electron chi connectivity index (χ3n) is 3.77. The lowest BCUT2D eigenvalue weighted by atomic mass is 10.1. The third-order valence-corrected chi connectivity index (χ3v) is 4.40. The van der Waals surface area contributed by atoms with Crippen LogP contribution in [-0.2, 0) is 9.59 Å². The highest BCUT2D eigenvalue weighted by molar-refractivity contribution is 6.38. The Balaban J connectivity index is 2.32. The monoisotopic (exact) mass is 342 g/mol. The van der Waals surface area contributed by atoms with Crippen LogP contribution < -0.4 is 10.2 Å². The maximum atomic E-state index is 12.7. The fraction of sp³-hybridized carbons (Fsp3) is 0.500. The Hall–Kier alpha value is -1.26. The second kappa shape index (κ2) is 7.34. The molecule has 4 nitrogen and oxygen atoms in total. The van der Waals surface area contributed by atoms with Crippen LogP contribution in [-0.4, -0.2) is 18.4 Å². The van der Waals surface area contributed by atoms with Gasteiger partial charge in [0.25, 0.3) is 5.91 Å². The van der Waals surface area contributed by atoms with Crippen molar-refractivity contribution in [1.82, 2.24) is 5.32 Å². The van der Waals surface area contributed by atoms with E-state index in [1.165, 1.54) is 6.92 Å². The second-order valence-corrected chi connectivity index (χ2v) is 6.29. The normalized spacial score (nSPS) is 16.8. The number of amides is 2. The molecule has 1 aromatic carbocycles. The topological polar surface area (TPSA) is 49.4 Å². The van der Waals surface area contributed by atoms with Crippen LogP contribution in [0.3, 0.4) is 0 Å². The Morgan fingerprint density at radius 1 is 1.23 bits per heavy atom. The maximum absolute atomic E-state index is 12.7. The number of carbonyl (C=O) groups excluding carboxylic acids is 2. The van der Waals surface area contributed by atoms with E-state index in [1.54, 1.807) is 17.0 Å². The van der Waals surface area contributed by atoms with Crippen molar-refractivity contribution in [2.45, 2.75) is 45.6 Å². The number of nitrogens with zero attached hydrogens (tertiary/aromatic N) is 1. The number of fused-ring (bicyclic) bond motifs is 1. The van der Waals surface area contributed by atoms with E-state index in [1.807, 2.05) is 0 Å². The summed E-state index contributed by atoms with van der Waals surface area (Å²) in [5.74, 6) is -0.440. The van der Waals surface area contributed by atoms with E-state index in [9.17, 15) is 9.59 Å². The predicted molar refractivity (Wildman–Crippen MR) is 89.5 cm³/mol. The minimum atomic E-state index is -0.745. The predicted octanol–water partition coefficient (Wildman–Crippen LogP) is 4.10. The van der Waals surface area contributed by atoms with Gasteiger partial charge in [0, 0.05) is 24.1 Å². The number of unbranched alkanes of at least 4 members (excludes halogenated alkanes) is 3. The van der Waals surface area contributed by atoms with Crippen molar-refractivity contribution < 1.29 is 9.59 Å². The summed E-state index contributed by atoms with van der Waals surface area (Å²) >= 11 is 12.5. The SMILES string of the molecule is CCCCCCN1C(=O)[C@H](NC(C)=O)c2c(Cl)ccc(Cl)c21. The first-order valence-electron chi connectivity index (χ1n) is 7.53. The first kappa shape index (κ1) is 17.1. The molecule has 0 saturated carbocycles. The Morgan fingerprint density at radius 3 is 2.55 bits per heavy atom. The first-order chi connectivity index (χ1) is 10.5. The van der Waals surface area contributed by atoms with Crippen LogP contribution in [0.15, 0.2) is 12.1 Å². The number of nitrogens with one attached hydrogen (secondary N) is 1. The molecule has 120 valence electrons. The highest BCUT2D eigenvalue weighted by atomic mass is 35.5. The molecule has 0 spiro atoms. The van der Waals surface area contributed by atoms with Gasteiger partial charge in [0.15, 0.2) is 0 Å². The molecule has 6 heteroatoms. The largest absolute Gasteiger partial charge is 0.341 e. The van der Waals surface area contributed by atoms with Crippen LogP contribution in [0.1, 0.15) is 51.1 Å². The summed E-state index contributed by atoms with van der Waals surface area (Å²) in [5.41, 5.74) is 1.24. The summed E-state index contributed by atoms with van der Waals surface area (Å²) in [7, 11) is 0. The molecule has 1 N–H and O–H groups in total. The average molecular weight is 343 g/mol. The lowest BCUT2D eigenvalue weighted by molar-refractivity contribution is -0.126. The van der Waals surface area contributed by atoms with E-state index in [0.717, 1.165) is 25.7 Å². The van der Waals surface area contributed by atoms with E-state index >= 15 is 0 Å². The van der Waals surface area contributed by atoms with Crippen LogP contribution in [0, 0.1) is 0 Å². The van der Waals surface area contributed by atoms with E-state index < -0.39 is 6.04 Å². The number of halogens is 2. The van der Waals surface area contributed by atoms with Crippen LogP contribution in [0.5, 0.6) is 0 Å². The molecule has 0 aromatic heterocycles. The maximum Gasteiger partial charge on any atom is 0.254 e. The van der Waals surface area contributed by atoms with E-state index in [4.69, 9.17) is 23.2 Å². The Bertz CT molecular complexity index is 590. The molecule has 1 aliphatic rings. The molecule has 0 fully saturated rings. The van der Waals surface area contributed by atoms with E-state index in [-0.39, 0.29) is 11.8 Å². The molecule has 0 unspecified atom stereocenters. The Morgan fingerprint density at radius 2 is 1.91 bits per heavy atom. The quantitative estimate of drug-likeness (QED) is 0.791. The molecule has 1 heterocycles. The smallest absolute Gasteiger partial charge is 0.254 e. The molecule has 0 radical (unpaired) electrons. The zero-order valence-electron chi connectivity index (χ0n) is 12.8. The van der Waals surface area contributed by atoms with Gasteiger partial charge in [-0.2, -0.15) is 0 Å². The summed E-state index contributed by atoms with van der Waals surface area (Å²) in [6.45, 7) is 4.11. The number of anilines is 1. The van der Waals surface area contributed by atoms with E-state index in [2.05, 4.69) is 12.2 Å². The van der Waals surface area contributed by atoms with Crippen molar-refractivity contribution in [1.29, 1.82) is 0 Å². The molecule has 0 saturated heterocycles. The van der Waals surface area contributed by atoms with Crippen LogP contribution in [0.4, 0.5) is 5.69 Å².